The first-order valence-corrected chi connectivity index (χ1v) is 9.22. The molecule has 1 saturated carbocycles. The molecule has 19 heavy (non-hydrogen) atoms. The fourth-order valence-electron chi connectivity index (χ4n) is 3.88. The first kappa shape index (κ1) is 15.8. The molecule has 1 aliphatic heterocycles. The molecule has 0 aromatic heterocycles. The third-order valence-electron chi connectivity index (χ3n) is 5.22. The Labute approximate surface area is 128 Å². The number of likely N-dealkylation sites (tertiary alicyclic amines) is 1. The summed E-state index contributed by atoms with van der Waals surface area (Å²) in [5.74, 6) is 0. The zero-order chi connectivity index (χ0) is 13.7. The molecule has 1 saturated heterocycles. The maximum absolute atomic E-state index is 3.84. The van der Waals surface area contributed by atoms with Crippen LogP contribution in [-0.4, -0.2) is 54.9 Å². The van der Waals surface area contributed by atoms with Crippen LogP contribution in [0.1, 0.15) is 51.4 Å². The Morgan fingerprint density at radius 3 is 2.37 bits per heavy atom. The zero-order valence-electron chi connectivity index (χ0n) is 12.8. The maximum Gasteiger partial charge on any atom is 0.0217 e. The summed E-state index contributed by atoms with van der Waals surface area (Å²) in [7, 11) is 4.47. The molecule has 0 amide bonds. The minimum Gasteiger partial charge on any atom is -0.305 e. The molecule has 1 unspecified atom stereocenters. The molecular formula is C16H31BrN2. The average molecular weight is 331 g/mol. The number of alkyl halides is 1. The quantitative estimate of drug-likeness (QED) is 0.572. The lowest BCUT2D eigenvalue weighted by atomic mass is 9.81. The Morgan fingerprint density at radius 1 is 1.11 bits per heavy atom. The van der Waals surface area contributed by atoms with Crippen LogP contribution >= 0.6 is 15.9 Å². The number of nitrogens with zero attached hydrogens (tertiary/aromatic N) is 2. The average Bonchev–Trinajstić information content (AvgIpc) is 2.65. The van der Waals surface area contributed by atoms with E-state index in [4.69, 9.17) is 0 Å². The van der Waals surface area contributed by atoms with Crippen LogP contribution < -0.4 is 0 Å². The summed E-state index contributed by atoms with van der Waals surface area (Å²) in [4.78, 5) is 5.17. The molecule has 0 bridgehead atoms. The van der Waals surface area contributed by atoms with Gasteiger partial charge in [0.25, 0.3) is 0 Å². The van der Waals surface area contributed by atoms with Crippen LogP contribution in [0, 0.1) is 5.41 Å². The van der Waals surface area contributed by atoms with E-state index in [9.17, 15) is 0 Å². The topological polar surface area (TPSA) is 6.48 Å². The van der Waals surface area contributed by atoms with Crippen molar-refractivity contribution in [2.24, 2.45) is 5.41 Å². The predicted molar refractivity (Wildman–Crippen MR) is 87.1 cm³/mol. The summed E-state index contributed by atoms with van der Waals surface area (Å²) in [5, 5.41) is 1.20. The molecule has 1 aliphatic carbocycles. The molecule has 2 fully saturated rings. The van der Waals surface area contributed by atoms with Crippen LogP contribution in [-0.2, 0) is 0 Å². The number of halogens is 1. The lowest BCUT2D eigenvalue weighted by Crippen LogP contribution is -2.49. The van der Waals surface area contributed by atoms with Crippen LogP contribution in [0.3, 0.4) is 0 Å². The Morgan fingerprint density at radius 2 is 1.79 bits per heavy atom. The van der Waals surface area contributed by atoms with Crippen LogP contribution in [0.25, 0.3) is 0 Å². The van der Waals surface area contributed by atoms with Crippen molar-refractivity contribution in [3.63, 3.8) is 0 Å². The highest BCUT2D eigenvalue weighted by Gasteiger charge is 2.33. The van der Waals surface area contributed by atoms with Crippen molar-refractivity contribution in [1.82, 2.24) is 9.80 Å². The molecule has 1 atom stereocenters. The van der Waals surface area contributed by atoms with E-state index in [0.29, 0.717) is 5.41 Å². The van der Waals surface area contributed by atoms with Gasteiger partial charge >= 0.3 is 0 Å². The maximum atomic E-state index is 3.84. The highest BCUT2D eigenvalue weighted by Crippen LogP contribution is 2.38. The van der Waals surface area contributed by atoms with Gasteiger partial charge in [-0.25, -0.2) is 0 Å². The van der Waals surface area contributed by atoms with Crippen LogP contribution in [0.2, 0.25) is 0 Å². The summed E-state index contributed by atoms with van der Waals surface area (Å²) in [6.07, 6.45) is 11.4. The fraction of sp³-hybridized carbons (Fsp3) is 1.00. The molecular weight excluding hydrogens is 300 g/mol. The van der Waals surface area contributed by atoms with Crippen molar-refractivity contribution in [2.45, 2.75) is 57.4 Å². The second-order valence-corrected chi connectivity index (χ2v) is 7.60. The Balaban J connectivity index is 1.93. The van der Waals surface area contributed by atoms with Gasteiger partial charge in [-0.3, -0.25) is 0 Å². The number of hydrogen-bond acceptors (Lipinski definition) is 2. The Bertz CT molecular complexity index is 259. The van der Waals surface area contributed by atoms with Crippen LogP contribution in [0.5, 0.6) is 0 Å². The zero-order valence-corrected chi connectivity index (χ0v) is 14.4. The van der Waals surface area contributed by atoms with Gasteiger partial charge in [-0.15, -0.1) is 0 Å². The van der Waals surface area contributed by atoms with Crippen molar-refractivity contribution in [3.05, 3.63) is 0 Å². The van der Waals surface area contributed by atoms with Gasteiger partial charge in [-0.05, 0) is 51.7 Å². The third kappa shape index (κ3) is 4.44. The Kier molecular flexibility index (Phi) is 6.16. The first-order chi connectivity index (χ1) is 9.15. The molecule has 0 spiro atoms. The van der Waals surface area contributed by atoms with Gasteiger partial charge in [0, 0.05) is 24.5 Å². The van der Waals surface area contributed by atoms with Crippen LogP contribution in [0.15, 0.2) is 0 Å². The second kappa shape index (κ2) is 7.42. The molecule has 2 aliphatic rings. The highest BCUT2D eigenvalue weighted by molar-refractivity contribution is 9.09. The van der Waals surface area contributed by atoms with E-state index < -0.39 is 0 Å². The molecule has 0 N–H and O–H groups in total. The largest absolute Gasteiger partial charge is 0.305 e. The number of hydrogen-bond donors (Lipinski definition) is 0. The van der Waals surface area contributed by atoms with Crippen LogP contribution in [0.4, 0.5) is 0 Å². The van der Waals surface area contributed by atoms with Gasteiger partial charge in [0.05, 0.1) is 0 Å². The van der Waals surface area contributed by atoms with Gasteiger partial charge in [0.2, 0.25) is 0 Å². The Hall–Kier alpha value is 0.400. The van der Waals surface area contributed by atoms with Gasteiger partial charge < -0.3 is 9.80 Å². The molecule has 1 heterocycles. The molecule has 2 rings (SSSR count). The molecule has 3 heteroatoms. The standard InChI is InChI=1S/C16H31BrN2/c1-18(2)15-8-7-11-19(12-15)14-16(13-17)9-5-3-4-6-10-16/h15H,3-14H2,1-2H3. The number of rotatable bonds is 4. The van der Waals surface area contributed by atoms with Crippen molar-refractivity contribution >= 4 is 15.9 Å². The fourth-order valence-corrected chi connectivity index (χ4v) is 4.62. The highest BCUT2D eigenvalue weighted by atomic mass is 79.9. The monoisotopic (exact) mass is 330 g/mol. The van der Waals surface area contributed by atoms with Gasteiger partial charge in [-0.1, -0.05) is 41.6 Å². The van der Waals surface area contributed by atoms with E-state index in [1.807, 2.05) is 0 Å². The number of piperidine rings is 1. The molecule has 0 radical (unpaired) electrons. The third-order valence-corrected chi connectivity index (χ3v) is 6.41. The molecule has 2 nitrogen and oxygen atoms in total. The van der Waals surface area contributed by atoms with E-state index in [-0.39, 0.29) is 0 Å². The van der Waals surface area contributed by atoms with E-state index in [1.165, 1.54) is 76.3 Å². The SMILES string of the molecule is CN(C)C1CCCN(CC2(CBr)CCCCCC2)C1. The van der Waals surface area contributed by atoms with E-state index in [2.05, 4.69) is 39.8 Å². The minimum absolute atomic E-state index is 0.560. The summed E-state index contributed by atoms with van der Waals surface area (Å²) < 4.78 is 0. The summed E-state index contributed by atoms with van der Waals surface area (Å²) in [6.45, 7) is 3.92. The van der Waals surface area contributed by atoms with Crippen molar-refractivity contribution in [1.29, 1.82) is 0 Å². The summed E-state index contributed by atoms with van der Waals surface area (Å²) in [6, 6.07) is 0.770. The van der Waals surface area contributed by atoms with Crippen molar-refractivity contribution in [3.8, 4) is 0 Å². The first-order valence-electron chi connectivity index (χ1n) is 8.10. The second-order valence-electron chi connectivity index (χ2n) is 7.04. The normalized spacial score (nSPS) is 29.4. The lowest BCUT2D eigenvalue weighted by Gasteiger charge is -2.42. The predicted octanol–water partition coefficient (Wildman–Crippen LogP) is 3.75. The van der Waals surface area contributed by atoms with Gasteiger partial charge in [-0.2, -0.15) is 0 Å². The smallest absolute Gasteiger partial charge is 0.0217 e. The minimum atomic E-state index is 0.560. The van der Waals surface area contributed by atoms with E-state index >= 15 is 0 Å². The summed E-state index contributed by atoms with van der Waals surface area (Å²) >= 11 is 3.84. The van der Waals surface area contributed by atoms with Gasteiger partial charge in [0.15, 0.2) is 0 Å². The lowest BCUT2D eigenvalue weighted by molar-refractivity contribution is 0.0859. The number of likely N-dealkylation sites (N-methyl/N-ethyl adjacent to an activating group) is 1. The van der Waals surface area contributed by atoms with Crippen molar-refractivity contribution in [2.75, 3.05) is 39.1 Å². The molecule has 0 aromatic carbocycles. The summed E-state index contributed by atoms with van der Waals surface area (Å²) in [5.41, 5.74) is 0.560. The molecule has 0 aromatic rings. The molecule has 112 valence electrons. The van der Waals surface area contributed by atoms with Gasteiger partial charge in [0.1, 0.15) is 0 Å². The van der Waals surface area contributed by atoms with Crippen molar-refractivity contribution < 1.29 is 0 Å². The van der Waals surface area contributed by atoms with E-state index in [0.717, 1.165) is 6.04 Å². The van der Waals surface area contributed by atoms with E-state index in [1.54, 1.807) is 0 Å².